The van der Waals surface area contributed by atoms with Crippen molar-refractivity contribution >= 4 is 55.4 Å². The summed E-state index contributed by atoms with van der Waals surface area (Å²) in [7, 11) is 0. The third-order valence-corrected chi connectivity index (χ3v) is 6.05. The maximum atomic E-state index is 12.6. The second-order valence-electron chi connectivity index (χ2n) is 4.91. The number of rotatable bonds is 4. The molecule has 0 aromatic heterocycles. The molecule has 1 amide bonds. The zero-order chi connectivity index (χ0) is 16.1. The highest BCUT2D eigenvalue weighted by Gasteiger charge is 2.14. The molecular weight excluding hydrogens is 392 g/mol. The first-order valence-corrected chi connectivity index (χ1v) is 9.94. The Morgan fingerprint density at radius 3 is 2.91 bits per heavy atom. The molecule has 1 aliphatic rings. The summed E-state index contributed by atoms with van der Waals surface area (Å²) in [5.41, 5.74) is 2.52. The average Bonchev–Trinajstić information content (AvgIpc) is 3.06. The Morgan fingerprint density at radius 2 is 2.13 bits per heavy atom. The minimum Gasteiger partial charge on any atom is -0.322 e. The second kappa shape index (κ2) is 8.04. The minimum atomic E-state index is -0.0830. The van der Waals surface area contributed by atoms with Gasteiger partial charge in [-0.05, 0) is 29.8 Å². The van der Waals surface area contributed by atoms with Crippen LogP contribution in [-0.4, -0.2) is 22.6 Å². The van der Waals surface area contributed by atoms with Gasteiger partial charge >= 0.3 is 0 Å². The highest BCUT2D eigenvalue weighted by molar-refractivity contribution is 9.10. The fourth-order valence-corrected chi connectivity index (χ4v) is 4.59. The van der Waals surface area contributed by atoms with Crippen molar-refractivity contribution in [2.75, 3.05) is 17.6 Å². The van der Waals surface area contributed by atoms with Gasteiger partial charge in [0.05, 0.1) is 6.54 Å². The highest BCUT2D eigenvalue weighted by Crippen LogP contribution is 2.27. The van der Waals surface area contributed by atoms with Gasteiger partial charge in [0.2, 0.25) is 0 Å². The third-order valence-electron chi connectivity index (χ3n) is 3.25. The van der Waals surface area contributed by atoms with E-state index in [9.17, 15) is 4.79 Å². The molecule has 23 heavy (non-hydrogen) atoms. The number of hydrogen-bond donors (Lipinski definition) is 1. The third kappa shape index (κ3) is 4.62. The Bertz CT molecular complexity index is 749. The zero-order valence-electron chi connectivity index (χ0n) is 12.3. The lowest BCUT2D eigenvalue weighted by molar-refractivity contribution is 0.102. The van der Waals surface area contributed by atoms with Crippen LogP contribution in [0.3, 0.4) is 0 Å². The topological polar surface area (TPSA) is 41.5 Å². The van der Waals surface area contributed by atoms with Crippen molar-refractivity contribution < 1.29 is 4.79 Å². The van der Waals surface area contributed by atoms with Gasteiger partial charge in [-0.2, -0.15) is 0 Å². The molecule has 0 unspecified atom stereocenters. The molecular formula is C17H15BrN2OS2. The first-order chi connectivity index (χ1) is 11.2. The van der Waals surface area contributed by atoms with Crippen LogP contribution in [0.4, 0.5) is 5.69 Å². The molecule has 2 aromatic rings. The number of aliphatic imine (C=N–C) groups is 1. The number of nitrogens with one attached hydrogen (secondary N) is 1. The molecule has 0 radical (unpaired) electrons. The molecule has 6 heteroatoms. The maximum absolute atomic E-state index is 12.6. The summed E-state index contributed by atoms with van der Waals surface area (Å²) in [5, 5.41) is 2.95. The monoisotopic (exact) mass is 406 g/mol. The predicted octanol–water partition coefficient (Wildman–Crippen LogP) is 5.04. The van der Waals surface area contributed by atoms with E-state index in [0.717, 1.165) is 38.1 Å². The number of halogens is 1. The number of carbonyl (C=O) groups excluding carboxylic acids is 1. The molecule has 3 rings (SSSR count). The molecule has 1 heterocycles. The number of thioether (sulfide) groups is 2. The van der Waals surface area contributed by atoms with Crippen LogP contribution >= 0.6 is 39.5 Å². The molecule has 0 atom stereocenters. The van der Waals surface area contributed by atoms with E-state index in [0.29, 0.717) is 5.56 Å². The quantitative estimate of drug-likeness (QED) is 0.772. The molecule has 0 saturated carbocycles. The number of hydrogen-bond acceptors (Lipinski definition) is 4. The maximum Gasteiger partial charge on any atom is 0.255 e. The number of amides is 1. The van der Waals surface area contributed by atoms with Gasteiger partial charge in [0.1, 0.15) is 4.38 Å². The van der Waals surface area contributed by atoms with E-state index in [-0.39, 0.29) is 5.91 Å². The van der Waals surface area contributed by atoms with Gasteiger partial charge in [0, 0.05) is 27.2 Å². The van der Waals surface area contributed by atoms with Crippen molar-refractivity contribution in [3.63, 3.8) is 0 Å². The van der Waals surface area contributed by atoms with Crippen molar-refractivity contribution in [3.05, 3.63) is 64.1 Å². The molecule has 1 N–H and O–H groups in total. The summed E-state index contributed by atoms with van der Waals surface area (Å²) in [6.45, 7) is 0.901. The fourth-order valence-electron chi connectivity index (χ4n) is 2.17. The second-order valence-corrected chi connectivity index (χ2v) is 8.13. The number of anilines is 1. The van der Waals surface area contributed by atoms with E-state index in [2.05, 4.69) is 26.2 Å². The molecule has 3 nitrogen and oxygen atoms in total. The first-order valence-electron chi connectivity index (χ1n) is 7.17. The highest BCUT2D eigenvalue weighted by atomic mass is 79.9. The van der Waals surface area contributed by atoms with Gasteiger partial charge in [-0.3, -0.25) is 9.79 Å². The van der Waals surface area contributed by atoms with Gasteiger partial charge in [0.15, 0.2) is 0 Å². The first kappa shape index (κ1) is 16.6. The summed E-state index contributed by atoms with van der Waals surface area (Å²) < 4.78 is 2.06. The van der Waals surface area contributed by atoms with Gasteiger partial charge in [-0.15, -0.1) is 0 Å². The molecule has 0 aliphatic carbocycles. The Hall–Kier alpha value is -1.24. The van der Waals surface area contributed by atoms with E-state index in [1.807, 2.05) is 48.5 Å². The standard InChI is InChI=1S/C17H15BrN2OS2/c18-13-5-3-6-14(10-13)20-16(21)15-7-2-1-4-12(15)11-23-17-19-8-9-22-17/h1-7,10H,8-9,11H2,(H,20,21). The predicted molar refractivity (Wildman–Crippen MR) is 105 cm³/mol. The summed E-state index contributed by atoms with van der Waals surface area (Å²) >= 11 is 6.91. The Kier molecular flexibility index (Phi) is 5.80. The lowest BCUT2D eigenvalue weighted by atomic mass is 10.1. The van der Waals surface area contributed by atoms with Gasteiger partial charge in [0.25, 0.3) is 5.91 Å². The van der Waals surface area contributed by atoms with E-state index >= 15 is 0 Å². The van der Waals surface area contributed by atoms with Crippen molar-refractivity contribution in [2.45, 2.75) is 5.75 Å². The van der Waals surface area contributed by atoms with Gasteiger partial charge in [-0.25, -0.2) is 0 Å². The zero-order valence-corrected chi connectivity index (χ0v) is 15.5. The SMILES string of the molecule is O=C(Nc1cccc(Br)c1)c1ccccc1CSC1=NCCS1. The number of nitrogens with zero attached hydrogens (tertiary/aromatic N) is 1. The van der Waals surface area contributed by atoms with Crippen molar-refractivity contribution in [1.82, 2.24) is 0 Å². The molecule has 0 spiro atoms. The Balaban J connectivity index is 1.72. The molecule has 0 fully saturated rings. The van der Waals surface area contributed by atoms with E-state index in [1.54, 1.807) is 23.5 Å². The van der Waals surface area contributed by atoms with E-state index in [4.69, 9.17) is 0 Å². The average molecular weight is 407 g/mol. The van der Waals surface area contributed by atoms with Crippen LogP contribution in [-0.2, 0) is 5.75 Å². The molecule has 0 saturated heterocycles. The van der Waals surface area contributed by atoms with Crippen molar-refractivity contribution in [1.29, 1.82) is 0 Å². The summed E-state index contributed by atoms with van der Waals surface area (Å²) in [5.74, 6) is 1.74. The van der Waals surface area contributed by atoms with Crippen LogP contribution < -0.4 is 5.32 Å². The number of benzene rings is 2. The Labute approximate surface area is 152 Å². The fraction of sp³-hybridized carbons (Fsp3) is 0.176. The lowest BCUT2D eigenvalue weighted by Crippen LogP contribution is -2.14. The molecule has 118 valence electrons. The smallest absolute Gasteiger partial charge is 0.255 e. The lowest BCUT2D eigenvalue weighted by Gasteiger charge is -2.10. The van der Waals surface area contributed by atoms with Crippen LogP contribution in [0.1, 0.15) is 15.9 Å². The normalized spacial score (nSPS) is 13.7. The van der Waals surface area contributed by atoms with Crippen molar-refractivity contribution in [2.24, 2.45) is 4.99 Å². The number of carbonyl (C=O) groups is 1. The van der Waals surface area contributed by atoms with Crippen LogP contribution in [0.2, 0.25) is 0 Å². The molecule has 1 aliphatic heterocycles. The van der Waals surface area contributed by atoms with Crippen LogP contribution in [0.5, 0.6) is 0 Å². The summed E-state index contributed by atoms with van der Waals surface area (Å²) in [4.78, 5) is 17.0. The molecule has 0 bridgehead atoms. The van der Waals surface area contributed by atoms with Gasteiger partial charge in [-0.1, -0.05) is 63.7 Å². The van der Waals surface area contributed by atoms with Gasteiger partial charge < -0.3 is 5.32 Å². The molecule has 2 aromatic carbocycles. The minimum absolute atomic E-state index is 0.0830. The summed E-state index contributed by atoms with van der Waals surface area (Å²) in [6.07, 6.45) is 0. The van der Waals surface area contributed by atoms with E-state index < -0.39 is 0 Å². The summed E-state index contributed by atoms with van der Waals surface area (Å²) in [6, 6.07) is 15.3. The van der Waals surface area contributed by atoms with Crippen LogP contribution in [0.15, 0.2) is 58.0 Å². The van der Waals surface area contributed by atoms with Crippen LogP contribution in [0.25, 0.3) is 0 Å². The Morgan fingerprint density at radius 1 is 1.26 bits per heavy atom. The van der Waals surface area contributed by atoms with Crippen molar-refractivity contribution in [3.8, 4) is 0 Å². The van der Waals surface area contributed by atoms with Crippen LogP contribution in [0, 0.1) is 0 Å². The van der Waals surface area contributed by atoms with E-state index in [1.165, 1.54) is 0 Å². The largest absolute Gasteiger partial charge is 0.322 e.